The number of nitrogens with zero attached hydrogens (tertiary/aromatic N) is 3. The Morgan fingerprint density at radius 1 is 1.59 bits per heavy atom. The molecule has 1 aromatic rings. The number of Topliss-reactive ketones (excluding diaryl/α,β-unsaturated/α-hetero) is 1. The molecule has 0 bridgehead atoms. The number of aromatic nitrogens is 2. The van der Waals surface area contributed by atoms with E-state index in [1.807, 2.05) is 0 Å². The van der Waals surface area contributed by atoms with Crippen molar-refractivity contribution in [2.75, 3.05) is 6.61 Å². The van der Waals surface area contributed by atoms with Gasteiger partial charge in [-0.1, -0.05) is 0 Å². The van der Waals surface area contributed by atoms with E-state index in [0.29, 0.717) is 0 Å². The maximum absolute atomic E-state index is 11.6. The zero-order chi connectivity index (χ0) is 13.0. The summed E-state index contributed by atoms with van der Waals surface area (Å²) in [6.07, 6.45) is 0.494. The van der Waals surface area contributed by atoms with Gasteiger partial charge in [0, 0.05) is 0 Å². The Morgan fingerprint density at radius 3 is 2.71 bits per heavy atom. The number of hydrogen-bond acceptors (Lipinski definition) is 6. The third kappa shape index (κ3) is 2.86. The second kappa shape index (κ2) is 5.19. The molecule has 0 aliphatic carbocycles. The molecule has 0 radical (unpaired) electrons. The third-order valence-corrected chi connectivity index (χ3v) is 2.01. The van der Waals surface area contributed by atoms with Crippen LogP contribution < -0.4 is 0 Å². The van der Waals surface area contributed by atoms with Crippen LogP contribution in [0.25, 0.3) is 0 Å². The first kappa shape index (κ1) is 12.8. The van der Waals surface area contributed by atoms with Gasteiger partial charge in [0.1, 0.15) is 12.6 Å². The zero-order valence-corrected chi connectivity index (χ0v) is 9.37. The van der Waals surface area contributed by atoms with Crippen LogP contribution in [0.2, 0.25) is 0 Å². The molecule has 0 saturated carbocycles. The fourth-order valence-corrected chi connectivity index (χ4v) is 1.25. The number of carbonyl (C=O) groups excluding carboxylic acids is 2. The summed E-state index contributed by atoms with van der Waals surface area (Å²) in [7, 11) is 1.34. The van der Waals surface area contributed by atoms with Crippen LogP contribution in [0.5, 0.6) is 0 Å². The number of ketones is 1. The number of imidazole rings is 1. The van der Waals surface area contributed by atoms with Crippen LogP contribution in [0, 0.1) is 10.1 Å². The lowest BCUT2D eigenvalue weighted by atomic mass is 10.3. The summed E-state index contributed by atoms with van der Waals surface area (Å²) in [5.74, 6) is -1.73. The summed E-state index contributed by atoms with van der Waals surface area (Å²) in [6.45, 7) is 1.79. The highest BCUT2D eigenvalue weighted by molar-refractivity contribution is 6.04. The maximum Gasteiger partial charge on any atom is 0.343 e. The van der Waals surface area contributed by atoms with Crippen LogP contribution in [0.15, 0.2) is 6.20 Å². The van der Waals surface area contributed by atoms with Crippen molar-refractivity contribution in [3.63, 3.8) is 0 Å². The smallest absolute Gasteiger partial charge is 0.343 e. The molecule has 0 spiro atoms. The van der Waals surface area contributed by atoms with E-state index in [0.717, 1.165) is 10.8 Å². The fraction of sp³-hybridized carbons (Fsp3) is 0.444. The monoisotopic (exact) mass is 241 g/mol. The van der Waals surface area contributed by atoms with Crippen molar-refractivity contribution in [1.82, 2.24) is 9.55 Å². The Hall–Kier alpha value is -2.25. The molecule has 1 rings (SSSR count). The molecule has 0 aromatic carbocycles. The molecule has 1 heterocycles. The fourth-order valence-electron chi connectivity index (χ4n) is 1.25. The summed E-state index contributed by atoms with van der Waals surface area (Å²) >= 11 is 0. The van der Waals surface area contributed by atoms with Crippen LogP contribution in [-0.4, -0.2) is 32.8 Å². The highest BCUT2D eigenvalue weighted by Gasteiger charge is 2.24. The van der Waals surface area contributed by atoms with Crippen molar-refractivity contribution in [1.29, 1.82) is 0 Å². The molecule has 0 aliphatic rings. The number of nitro groups is 1. The van der Waals surface area contributed by atoms with E-state index in [1.54, 1.807) is 6.92 Å². The van der Waals surface area contributed by atoms with Gasteiger partial charge in [0.15, 0.2) is 0 Å². The van der Waals surface area contributed by atoms with E-state index in [4.69, 9.17) is 0 Å². The van der Waals surface area contributed by atoms with Crippen molar-refractivity contribution in [2.24, 2.45) is 7.05 Å². The van der Waals surface area contributed by atoms with E-state index >= 15 is 0 Å². The molecule has 0 unspecified atom stereocenters. The standard InChI is InChI=1S/C9H11N3O5/c1-3-17-8(14)4-6(13)9-10-5-7(11(9)2)12(15)16/h5H,3-4H2,1-2H3. The lowest BCUT2D eigenvalue weighted by Gasteiger charge is -1.99. The Labute approximate surface area is 96.3 Å². The molecular weight excluding hydrogens is 230 g/mol. The molecule has 8 heteroatoms. The summed E-state index contributed by atoms with van der Waals surface area (Å²) in [4.78, 5) is 36.1. The maximum atomic E-state index is 11.6. The van der Waals surface area contributed by atoms with Crippen LogP contribution in [0.3, 0.4) is 0 Å². The van der Waals surface area contributed by atoms with E-state index in [9.17, 15) is 19.7 Å². The van der Waals surface area contributed by atoms with Gasteiger partial charge in [-0.3, -0.25) is 9.59 Å². The van der Waals surface area contributed by atoms with Crippen molar-refractivity contribution >= 4 is 17.6 Å². The topological polar surface area (TPSA) is 104 Å². The summed E-state index contributed by atoms with van der Waals surface area (Å²) in [6, 6.07) is 0. The molecule has 0 N–H and O–H groups in total. The largest absolute Gasteiger partial charge is 0.466 e. The molecule has 92 valence electrons. The Balaban J connectivity index is 2.83. The first-order valence-corrected chi connectivity index (χ1v) is 4.82. The van der Waals surface area contributed by atoms with Crippen LogP contribution in [0.1, 0.15) is 24.0 Å². The average Bonchev–Trinajstić information content (AvgIpc) is 2.60. The lowest BCUT2D eigenvalue weighted by Crippen LogP contribution is -2.15. The second-order valence-corrected chi connectivity index (χ2v) is 3.16. The number of hydrogen-bond donors (Lipinski definition) is 0. The normalized spacial score (nSPS) is 10.0. The van der Waals surface area contributed by atoms with Gasteiger partial charge in [-0.25, -0.2) is 9.55 Å². The Bertz CT molecular complexity index is 465. The summed E-state index contributed by atoms with van der Waals surface area (Å²) < 4.78 is 5.63. The van der Waals surface area contributed by atoms with E-state index in [-0.39, 0.29) is 18.2 Å². The number of rotatable bonds is 5. The van der Waals surface area contributed by atoms with E-state index in [2.05, 4.69) is 9.72 Å². The molecule has 0 atom stereocenters. The Kier molecular flexibility index (Phi) is 3.91. The van der Waals surface area contributed by atoms with Gasteiger partial charge in [-0.15, -0.1) is 0 Å². The van der Waals surface area contributed by atoms with Gasteiger partial charge in [0.2, 0.25) is 5.78 Å². The van der Waals surface area contributed by atoms with Gasteiger partial charge < -0.3 is 14.9 Å². The molecule has 17 heavy (non-hydrogen) atoms. The van der Waals surface area contributed by atoms with E-state index in [1.165, 1.54) is 7.05 Å². The minimum absolute atomic E-state index is 0.134. The molecule has 0 amide bonds. The number of ether oxygens (including phenoxy) is 1. The van der Waals surface area contributed by atoms with Gasteiger partial charge in [-0.2, -0.15) is 0 Å². The summed E-state index contributed by atoms with van der Waals surface area (Å²) in [5, 5.41) is 10.5. The lowest BCUT2D eigenvalue weighted by molar-refractivity contribution is -0.391. The molecule has 1 aromatic heterocycles. The predicted molar refractivity (Wildman–Crippen MR) is 55.4 cm³/mol. The van der Waals surface area contributed by atoms with Gasteiger partial charge in [-0.05, 0) is 11.8 Å². The molecule has 8 nitrogen and oxygen atoms in total. The third-order valence-electron chi connectivity index (χ3n) is 2.01. The van der Waals surface area contributed by atoms with Crippen molar-refractivity contribution in [2.45, 2.75) is 13.3 Å². The van der Waals surface area contributed by atoms with Gasteiger partial charge in [0.05, 0.1) is 13.7 Å². The highest BCUT2D eigenvalue weighted by atomic mass is 16.6. The number of carbonyl (C=O) groups is 2. The zero-order valence-electron chi connectivity index (χ0n) is 9.37. The number of esters is 1. The first-order chi connectivity index (χ1) is 7.97. The van der Waals surface area contributed by atoms with Crippen LogP contribution in [-0.2, 0) is 16.6 Å². The molecule has 0 fully saturated rings. The van der Waals surface area contributed by atoms with Crippen LogP contribution >= 0.6 is 0 Å². The minimum Gasteiger partial charge on any atom is -0.466 e. The predicted octanol–water partition coefficient (Wildman–Crippen LogP) is 0.464. The summed E-state index contributed by atoms with van der Waals surface area (Å²) in [5.41, 5.74) is 0. The average molecular weight is 241 g/mol. The van der Waals surface area contributed by atoms with Crippen molar-refractivity contribution in [3.8, 4) is 0 Å². The Morgan fingerprint density at radius 2 is 2.24 bits per heavy atom. The molecular formula is C9H11N3O5. The van der Waals surface area contributed by atoms with Crippen LogP contribution in [0.4, 0.5) is 5.82 Å². The minimum atomic E-state index is -0.678. The first-order valence-electron chi connectivity index (χ1n) is 4.82. The second-order valence-electron chi connectivity index (χ2n) is 3.16. The van der Waals surface area contributed by atoms with Gasteiger partial charge >= 0.3 is 11.8 Å². The van der Waals surface area contributed by atoms with Crippen molar-refractivity contribution < 1.29 is 19.2 Å². The molecule has 0 saturated heterocycles. The van der Waals surface area contributed by atoms with Gasteiger partial charge in [0.25, 0.3) is 5.82 Å². The van der Waals surface area contributed by atoms with Crippen molar-refractivity contribution in [3.05, 3.63) is 22.1 Å². The highest BCUT2D eigenvalue weighted by Crippen LogP contribution is 2.13. The SMILES string of the molecule is CCOC(=O)CC(=O)c1ncc([N+](=O)[O-])n1C. The molecule has 0 aliphatic heterocycles. The quantitative estimate of drug-likeness (QED) is 0.244. The van der Waals surface area contributed by atoms with E-state index < -0.39 is 23.1 Å².